The molecule has 0 aromatic heterocycles. The number of nitrogens with zero attached hydrogens (tertiary/aromatic N) is 2. The van der Waals surface area contributed by atoms with Gasteiger partial charge in [0.1, 0.15) is 18.3 Å². The lowest BCUT2D eigenvalue weighted by Crippen LogP contribution is -2.36. The van der Waals surface area contributed by atoms with E-state index in [-0.39, 0.29) is 31.1 Å². The molecule has 190 valence electrons. The summed E-state index contributed by atoms with van der Waals surface area (Å²) in [6.45, 7) is 3.49. The van der Waals surface area contributed by atoms with E-state index in [1.807, 2.05) is 12.1 Å². The lowest BCUT2D eigenvalue weighted by atomic mass is 9.75. The summed E-state index contributed by atoms with van der Waals surface area (Å²) < 4.78 is 15.9. The molecule has 0 amide bonds. The molecule has 2 unspecified atom stereocenters. The monoisotopic (exact) mass is 496 g/mol. The number of benzene rings is 2. The maximum atomic E-state index is 13.3. The van der Waals surface area contributed by atoms with Gasteiger partial charge in [-0.1, -0.05) is 24.3 Å². The van der Waals surface area contributed by atoms with E-state index in [0.29, 0.717) is 29.1 Å². The Bertz CT molecular complexity index is 1190. The van der Waals surface area contributed by atoms with Gasteiger partial charge in [-0.25, -0.2) is 4.79 Å². The van der Waals surface area contributed by atoms with Crippen molar-refractivity contribution in [3.63, 3.8) is 0 Å². The van der Waals surface area contributed by atoms with Gasteiger partial charge in [-0.3, -0.25) is 19.9 Å². The van der Waals surface area contributed by atoms with Crippen LogP contribution in [0.3, 0.4) is 0 Å². The fraction of sp³-hybridized carbons (Fsp3) is 0.346. The number of esters is 2. The van der Waals surface area contributed by atoms with Gasteiger partial charge in [-0.05, 0) is 37.1 Å². The summed E-state index contributed by atoms with van der Waals surface area (Å²) in [7, 11) is 1.24. The molecule has 0 fully saturated rings. The van der Waals surface area contributed by atoms with Gasteiger partial charge in [0.05, 0.1) is 30.8 Å². The van der Waals surface area contributed by atoms with E-state index in [1.165, 1.54) is 25.3 Å². The van der Waals surface area contributed by atoms with E-state index >= 15 is 0 Å². The quantitative estimate of drug-likeness (QED) is 0.300. The van der Waals surface area contributed by atoms with Crippen LogP contribution < -0.4 is 4.74 Å². The lowest BCUT2D eigenvalue weighted by Gasteiger charge is -2.31. The standard InChI is InChI=1S/C26H28N2O8/c1-16-22(25(30)34-3)24(19-5-4-6-20(15-19)28(32)33)23(17(2)27-16)26(31)36-13-11-18-7-9-21(10-8-18)35-14-12-29/h4-10,15,22,24,29H,11-14H2,1-3H3. The zero-order chi connectivity index (χ0) is 26.2. The number of nitro groups is 1. The molecule has 10 heteroatoms. The third kappa shape index (κ3) is 6.14. The minimum atomic E-state index is -0.935. The minimum absolute atomic E-state index is 0.0691. The van der Waals surface area contributed by atoms with E-state index < -0.39 is 28.7 Å². The lowest BCUT2D eigenvalue weighted by molar-refractivity contribution is -0.384. The van der Waals surface area contributed by atoms with Crippen molar-refractivity contribution < 1.29 is 33.8 Å². The Hall–Kier alpha value is -4.05. The SMILES string of the molecule is COC(=O)C1C(C)=NC(C)=C(C(=O)OCCc2ccc(OCCO)cc2)C1c1cccc([N+](=O)[O-])c1. The smallest absolute Gasteiger partial charge is 0.336 e. The van der Waals surface area contributed by atoms with Gasteiger partial charge in [-0.15, -0.1) is 0 Å². The molecule has 2 aromatic carbocycles. The second kappa shape index (κ2) is 12.1. The van der Waals surface area contributed by atoms with Crippen molar-refractivity contribution in [3.05, 3.63) is 81.0 Å². The number of rotatable bonds is 10. The number of non-ortho nitro benzene ring substituents is 1. The second-order valence-electron chi connectivity index (χ2n) is 8.18. The Morgan fingerprint density at radius 3 is 2.47 bits per heavy atom. The van der Waals surface area contributed by atoms with Crippen molar-refractivity contribution in [2.75, 3.05) is 26.9 Å². The van der Waals surface area contributed by atoms with Crippen molar-refractivity contribution >= 4 is 23.3 Å². The number of methoxy groups -OCH3 is 1. The van der Waals surface area contributed by atoms with Gasteiger partial charge < -0.3 is 19.3 Å². The first-order valence-corrected chi connectivity index (χ1v) is 11.3. The van der Waals surface area contributed by atoms with E-state index in [1.54, 1.807) is 32.0 Å². The predicted molar refractivity (Wildman–Crippen MR) is 131 cm³/mol. The molecule has 0 spiro atoms. The topological polar surface area (TPSA) is 138 Å². The molecule has 0 bridgehead atoms. The summed E-state index contributed by atoms with van der Waals surface area (Å²) in [4.78, 5) is 41.2. The molecule has 1 N–H and O–H groups in total. The van der Waals surface area contributed by atoms with Crippen LogP contribution in [0.2, 0.25) is 0 Å². The molecular formula is C26H28N2O8. The summed E-state index contributed by atoms with van der Waals surface area (Å²) >= 11 is 0. The van der Waals surface area contributed by atoms with E-state index in [2.05, 4.69) is 4.99 Å². The van der Waals surface area contributed by atoms with Crippen LogP contribution in [0.1, 0.15) is 30.9 Å². The molecule has 1 heterocycles. The fourth-order valence-corrected chi connectivity index (χ4v) is 4.18. The molecule has 1 aliphatic heterocycles. The van der Waals surface area contributed by atoms with Crippen molar-refractivity contribution in [1.82, 2.24) is 0 Å². The van der Waals surface area contributed by atoms with Crippen molar-refractivity contribution in [2.45, 2.75) is 26.2 Å². The van der Waals surface area contributed by atoms with Gasteiger partial charge in [0.25, 0.3) is 5.69 Å². The highest BCUT2D eigenvalue weighted by molar-refractivity contribution is 6.07. The highest BCUT2D eigenvalue weighted by Gasteiger charge is 2.42. The molecule has 0 saturated heterocycles. The van der Waals surface area contributed by atoms with E-state index in [4.69, 9.17) is 19.3 Å². The van der Waals surface area contributed by atoms with Gasteiger partial charge in [0.2, 0.25) is 0 Å². The highest BCUT2D eigenvalue weighted by atomic mass is 16.6. The van der Waals surface area contributed by atoms with E-state index in [9.17, 15) is 19.7 Å². The van der Waals surface area contributed by atoms with Crippen LogP contribution in [0.4, 0.5) is 5.69 Å². The van der Waals surface area contributed by atoms with Gasteiger partial charge in [0, 0.05) is 35.9 Å². The summed E-state index contributed by atoms with van der Waals surface area (Å²) in [5, 5.41) is 20.2. The van der Waals surface area contributed by atoms with Crippen molar-refractivity contribution in [1.29, 1.82) is 0 Å². The number of hydrogen-bond donors (Lipinski definition) is 1. The number of hydrogen-bond acceptors (Lipinski definition) is 9. The molecule has 0 aliphatic carbocycles. The number of allylic oxidation sites excluding steroid dienone is 1. The first-order valence-electron chi connectivity index (χ1n) is 11.3. The number of carbonyl (C=O) groups is 2. The van der Waals surface area contributed by atoms with Crippen molar-refractivity contribution in [2.24, 2.45) is 10.9 Å². The number of aliphatic hydroxyl groups excluding tert-OH is 1. The Labute approximate surface area is 208 Å². The number of nitro benzene ring substituents is 1. The normalized spacial score (nSPS) is 17.3. The van der Waals surface area contributed by atoms with Crippen LogP contribution >= 0.6 is 0 Å². The zero-order valence-electron chi connectivity index (χ0n) is 20.3. The Morgan fingerprint density at radius 2 is 1.83 bits per heavy atom. The number of carbonyl (C=O) groups excluding carboxylic acids is 2. The Morgan fingerprint density at radius 1 is 1.11 bits per heavy atom. The number of aliphatic hydroxyl groups is 1. The third-order valence-corrected chi connectivity index (χ3v) is 5.85. The van der Waals surface area contributed by atoms with Crippen LogP contribution in [0, 0.1) is 16.0 Å². The predicted octanol–water partition coefficient (Wildman–Crippen LogP) is 3.37. The molecule has 0 saturated carbocycles. The Kier molecular flexibility index (Phi) is 8.91. The number of ether oxygens (including phenoxy) is 3. The third-order valence-electron chi connectivity index (χ3n) is 5.85. The first kappa shape index (κ1) is 26.6. The van der Waals surface area contributed by atoms with Gasteiger partial charge in [0.15, 0.2) is 0 Å². The number of aliphatic imine (C=N–C) groups is 1. The average molecular weight is 497 g/mol. The van der Waals surface area contributed by atoms with Crippen molar-refractivity contribution in [3.8, 4) is 5.75 Å². The molecule has 0 radical (unpaired) electrons. The summed E-state index contributed by atoms with van der Waals surface area (Å²) in [5.74, 6) is -2.43. The molecule has 3 rings (SSSR count). The fourth-order valence-electron chi connectivity index (χ4n) is 4.18. The molecule has 2 aromatic rings. The molecular weight excluding hydrogens is 468 g/mol. The average Bonchev–Trinajstić information content (AvgIpc) is 2.87. The maximum absolute atomic E-state index is 13.3. The van der Waals surface area contributed by atoms with Crippen LogP contribution in [0.15, 0.2) is 64.8 Å². The van der Waals surface area contributed by atoms with Gasteiger partial charge >= 0.3 is 11.9 Å². The van der Waals surface area contributed by atoms with E-state index in [0.717, 1.165) is 5.56 Å². The van der Waals surface area contributed by atoms with Crippen LogP contribution in [-0.4, -0.2) is 54.6 Å². The van der Waals surface area contributed by atoms with Crippen LogP contribution in [0.25, 0.3) is 0 Å². The molecule has 10 nitrogen and oxygen atoms in total. The first-order chi connectivity index (χ1) is 17.3. The summed E-state index contributed by atoms with van der Waals surface area (Å²) in [6.07, 6.45) is 0.433. The highest BCUT2D eigenvalue weighted by Crippen LogP contribution is 2.40. The summed E-state index contributed by atoms with van der Waals surface area (Å²) in [5.41, 5.74) is 2.14. The zero-order valence-corrected chi connectivity index (χ0v) is 20.3. The van der Waals surface area contributed by atoms with Crippen LogP contribution in [0.5, 0.6) is 5.75 Å². The molecule has 2 atom stereocenters. The largest absolute Gasteiger partial charge is 0.491 e. The minimum Gasteiger partial charge on any atom is -0.491 e. The second-order valence-corrected chi connectivity index (χ2v) is 8.18. The van der Waals surface area contributed by atoms with Crippen LogP contribution in [-0.2, 0) is 25.5 Å². The Balaban J connectivity index is 1.84. The summed E-state index contributed by atoms with van der Waals surface area (Å²) in [6, 6.07) is 13.0. The molecule has 36 heavy (non-hydrogen) atoms. The van der Waals surface area contributed by atoms with Gasteiger partial charge in [-0.2, -0.15) is 0 Å². The maximum Gasteiger partial charge on any atom is 0.336 e. The molecule has 1 aliphatic rings.